The van der Waals surface area contributed by atoms with Gasteiger partial charge in [-0.2, -0.15) is 0 Å². The van der Waals surface area contributed by atoms with Crippen molar-refractivity contribution in [3.05, 3.63) is 69.6 Å². The molecule has 0 bridgehead atoms. The van der Waals surface area contributed by atoms with Gasteiger partial charge >= 0.3 is 6.03 Å². The van der Waals surface area contributed by atoms with Crippen LogP contribution in [-0.4, -0.2) is 61.9 Å². The predicted molar refractivity (Wildman–Crippen MR) is 138 cm³/mol. The van der Waals surface area contributed by atoms with Crippen molar-refractivity contribution in [2.45, 2.75) is 19.9 Å². The highest BCUT2D eigenvalue weighted by Gasteiger charge is 2.12. The number of urea groups is 1. The minimum absolute atomic E-state index is 0.223. The van der Waals surface area contributed by atoms with Crippen LogP contribution in [0.15, 0.2) is 52.8 Å². The zero-order chi connectivity index (χ0) is 24.6. The van der Waals surface area contributed by atoms with Crippen molar-refractivity contribution in [3.8, 4) is 11.3 Å². The second-order valence-electron chi connectivity index (χ2n) is 8.51. The number of halogens is 1. The van der Waals surface area contributed by atoms with E-state index in [9.17, 15) is 9.18 Å². The fraction of sp³-hybridized carbons (Fsp3) is 0.385. The number of nitrogens with zero attached hydrogens (tertiary/aromatic N) is 3. The summed E-state index contributed by atoms with van der Waals surface area (Å²) in [4.78, 5) is 19.7. The molecule has 0 radical (unpaired) electrons. The second-order valence-corrected chi connectivity index (χ2v) is 9.34. The van der Waals surface area contributed by atoms with Crippen molar-refractivity contribution < 1.29 is 13.9 Å². The van der Waals surface area contributed by atoms with E-state index in [0.717, 1.165) is 55.3 Å². The lowest BCUT2D eigenvalue weighted by molar-refractivity contribution is 0.0384. The molecular formula is C26H32FN5O2S. The third-order valence-corrected chi connectivity index (χ3v) is 6.95. The summed E-state index contributed by atoms with van der Waals surface area (Å²) in [6, 6.07) is 13.3. The van der Waals surface area contributed by atoms with Crippen molar-refractivity contribution in [2.24, 2.45) is 4.99 Å². The van der Waals surface area contributed by atoms with E-state index >= 15 is 0 Å². The zero-order valence-corrected chi connectivity index (χ0v) is 21.0. The van der Waals surface area contributed by atoms with Crippen molar-refractivity contribution in [1.29, 1.82) is 0 Å². The van der Waals surface area contributed by atoms with Gasteiger partial charge in [-0.3, -0.25) is 4.90 Å². The molecule has 1 aliphatic rings. The molecule has 186 valence electrons. The van der Waals surface area contributed by atoms with Crippen LogP contribution in [0.4, 0.5) is 14.9 Å². The number of hydrogen-bond acceptors (Lipinski definition) is 5. The van der Waals surface area contributed by atoms with Crippen LogP contribution in [0.25, 0.3) is 11.3 Å². The van der Waals surface area contributed by atoms with Gasteiger partial charge in [0.1, 0.15) is 5.82 Å². The second kappa shape index (κ2) is 12.1. The number of ether oxygens (including phenoxy) is 1. The number of carbonyl (C=O) groups is 1. The van der Waals surface area contributed by atoms with Crippen LogP contribution in [0.3, 0.4) is 0 Å². The largest absolute Gasteiger partial charge is 0.379 e. The minimum Gasteiger partial charge on any atom is -0.379 e. The Bertz CT molecular complexity index is 1200. The SMILES string of the molecule is CNC(=O)NCCn1c(-c2ccc(CCN3CCOCC3)cc2)cs/c1=N\c1ccc(F)c(C)c1. The number of thiazole rings is 1. The van der Waals surface area contributed by atoms with Gasteiger partial charge in [-0.1, -0.05) is 24.3 Å². The highest BCUT2D eigenvalue weighted by atomic mass is 32.1. The highest BCUT2D eigenvalue weighted by Crippen LogP contribution is 2.22. The molecule has 2 aromatic carbocycles. The van der Waals surface area contributed by atoms with E-state index in [2.05, 4.69) is 49.7 Å². The lowest BCUT2D eigenvalue weighted by Gasteiger charge is -2.26. The average Bonchev–Trinajstić information content (AvgIpc) is 3.28. The van der Waals surface area contributed by atoms with Crippen molar-refractivity contribution in [1.82, 2.24) is 20.1 Å². The Balaban J connectivity index is 1.56. The van der Waals surface area contributed by atoms with Crippen LogP contribution < -0.4 is 15.4 Å². The lowest BCUT2D eigenvalue weighted by atomic mass is 10.1. The van der Waals surface area contributed by atoms with E-state index < -0.39 is 0 Å². The molecular weight excluding hydrogens is 465 g/mol. The summed E-state index contributed by atoms with van der Waals surface area (Å²) in [6.45, 7) is 7.41. The number of morpholine rings is 1. The molecule has 2 N–H and O–H groups in total. The Morgan fingerprint density at radius 2 is 1.91 bits per heavy atom. The van der Waals surface area contributed by atoms with Gasteiger partial charge in [0, 0.05) is 45.2 Å². The summed E-state index contributed by atoms with van der Waals surface area (Å²) >= 11 is 1.53. The molecule has 9 heteroatoms. The Hall–Kier alpha value is -3.01. The monoisotopic (exact) mass is 497 g/mol. The van der Waals surface area contributed by atoms with Crippen molar-refractivity contribution in [2.75, 3.05) is 46.4 Å². The number of aromatic nitrogens is 1. The van der Waals surface area contributed by atoms with Gasteiger partial charge in [0.05, 0.1) is 24.6 Å². The average molecular weight is 498 g/mol. The summed E-state index contributed by atoms with van der Waals surface area (Å²) in [5, 5.41) is 7.50. The van der Waals surface area contributed by atoms with Gasteiger partial charge in [0.2, 0.25) is 0 Å². The van der Waals surface area contributed by atoms with Gasteiger partial charge in [-0.05, 0) is 48.2 Å². The van der Waals surface area contributed by atoms with Crippen LogP contribution in [0.1, 0.15) is 11.1 Å². The highest BCUT2D eigenvalue weighted by molar-refractivity contribution is 7.07. The maximum absolute atomic E-state index is 13.7. The molecule has 0 spiro atoms. The molecule has 1 aliphatic heterocycles. The van der Waals surface area contributed by atoms with Crippen molar-refractivity contribution >= 4 is 23.1 Å². The normalized spacial score (nSPS) is 14.8. The summed E-state index contributed by atoms with van der Waals surface area (Å²) < 4.78 is 21.2. The Morgan fingerprint density at radius 1 is 1.14 bits per heavy atom. The van der Waals surface area contributed by atoms with Gasteiger partial charge < -0.3 is 19.9 Å². The molecule has 0 atom stereocenters. The summed E-state index contributed by atoms with van der Waals surface area (Å²) in [6.07, 6.45) is 1.00. The fourth-order valence-electron chi connectivity index (χ4n) is 4.00. The maximum atomic E-state index is 13.7. The Labute approximate surface area is 209 Å². The van der Waals surface area contributed by atoms with Crippen LogP contribution in [0, 0.1) is 12.7 Å². The maximum Gasteiger partial charge on any atom is 0.314 e. The summed E-state index contributed by atoms with van der Waals surface area (Å²) in [5.41, 5.74) is 4.68. The molecule has 0 aliphatic carbocycles. The number of aryl methyl sites for hydroxylation is 1. The number of hydrogen-bond donors (Lipinski definition) is 2. The lowest BCUT2D eigenvalue weighted by Crippen LogP contribution is -2.37. The van der Waals surface area contributed by atoms with E-state index in [-0.39, 0.29) is 11.8 Å². The van der Waals surface area contributed by atoms with E-state index in [4.69, 9.17) is 9.73 Å². The molecule has 0 saturated carbocycles. The fourth-order valence-corrected chi connectivity index (χ4v) is 4.95. The molecule has 2 heterocycles. The summed E-state index contributed by atoms with van der Waals surface area (Å²) in [5.74, 6) is -0.243. The third-order valence-electron chi connectivity index (χ3n) is 6.08. The Kier molecular flexibility index (Phi) is 8.68. The van der Waals surface area contributed by atoms with Crippen LogP contribution in [0.5, 0.6) is 0 Å². The third kappa shape index (κ3) is 6.78. The molecule has 2 amide bonds. The van der Waals surface area contributed by atoms with Crippen molar-refractivity contribution in [3.63, 3.8) is 0 Å². The van der Waals surface area contributed by atoms with Crippen LogP contribution >= 0.6 is 11.3 Å². The van der Waals surface area contributed by atoms with Gasteiger partial charge in [0.15, 0.2) is 4.80 Å². The Morgan fingerprint density at radius 3 is 2.63 bits per heavy atom. The van der Waals surface area contributed by atoms with Gasteiger partial charge in [-0.15, -0.1) is 11.3 Å². The molecule has 0 unspecified atom stereocenters. The molecule has 35 heavy (non-hydrogen) atoms. The van der Waals surface area contributed by atoms with E-state index in [1.807, 2.05) is 0 Å². The van der Waals surface area contributed by atoms with E-state index in [1.165, 1.54) is 23.0 Å². The smallest absolute Gasteiger partial charge is 0.314 e. The number of nitrogens with one attached hydrogen (secondary N) is 2. The van der Waals surface area contributed by atoms with Crippen LogP contribution in [0.2, 0.25) is 0 Å². The molecule has 1 fully saturated rings. The molecule has 3 aromatic rings. The standard InChI is InChI=1S/C26H32FN5O2S/c1-19-17-22(7-8-23(19)27)30-26-32(12-10-29-25(33)28-2)24(18-35-26)21-5-3-20(4-6-21)9-11-31-13-15-34-16-14-31/h3-8,17-18H,9-16H2,1-2H3,(H2,28,29,33)/b30-26-. The molecule has 7 nitrogen and oxygen atoms in total. The number of amides is 2. The number of rotatable bonds is 8. The first kappa shape index (κ1) is 25.1. The van der Waals surface area contributed by atoms with Crippen LogP contribution in [-0.2, 0) is 17.7 Å². The minimum atomic E-state index is -0.243. The van der Waals surface area contributed by atoms with E-state index in [0.29, 0.717) is 24.3 Å². The van der Waals surface area contributed by atoms with E-state index in [1.54, 1.807) is 26.1 Å². The predicted octanol–water partition coefficient (Wildman–Crippen LogP) is 3.70. The van der Waals surface area contributed by atoms with Gasteiger partial charge in [0.25, 0.3) is 0 Å². The summed E-state index contributed by atoms with van der Waals surface area (Å²) in [7, 11) is 1.59. The topological polar surface area (TPSA) is 70.9 Å². The first-order valence-electron chi connectivity index (χ1n) is 11.9. The first-order valence-corrected chi connectivity index (χ1v) is 12.8. The number of benzene rings is 2. The van der Waals surface area contributed by atoms with Gasteiger partial charge in [-0.25, -0.2) is 14.2 Å². The number of carbonyl (C=O) groups excluding carboxylic acids is 1. The molecule has 4 rings (SSSR count). The quantitative estimate of drug-likeness (QED) is 0.499. The molecule has 1 aromatic heterocycles. The first-order chi connectivity index (χ1) is 17.0. The zero-order valence-electron chi connectivity index (χ0n) is 20.2. The molecule has 1 saturated heterocycles.